The van der Waals surface area contributed by atoms with Gasteiger partial charge in [0.1, 0.15) is 5.76 Å². The number of alkyl halides is 3. The topological polar surface area (TPSA) is 83.4 Å². The summed E-state index contributed by atoms with van der Waals surface area (Å²) in [5.41, 5.74) is 0.226. The van der Waals surface area contributed by atoms with Crippen LogP contribution in [-0.4, -0.2) is 17.7 Å². The van der Waals surface area contributed by atoms with Gasteiger partial charge >= 0.3 is 6.18 Å². The van der Waals surface area contributed by atoms with Crippen molar-refractivity contribution in [1.82, 2.24) is 9.29 Å². The van der Waals surface area contributed by atoms with E-state index in [9.17, 15) is 26.4 Å². The molecule has 0 aliphatic rings. The minimum Gasteiger partial charge on any atom is -0.468 e. The Labute approximate surface area is 193 Å². The van der Waals surface area contributed by atoms with E-state index in [0.717, 1.165) is 39.9 Å². The van der Waals surface area contributed by atoms with Gasteiger partial charge in [-0.15, -0.1) is 0 Å². The molecule has 2 heterocycles. The minimum absolute atomic E-state index is 0.155. The lowest BCUT2D eigenvalue weighted by Crippen LogP contribution is -2.32. The standard InChI is InChI=1S/C24H21F3N2O4S/c1-2-16-8-9-22-17(11-16)12-18(23(30)28-22)14-29(15-20-6-4-10-33-20)34(31,32)21-7-3-5-19(13-21)24(25,26)27/h3-13H,2,14-15H2,1H3,(H,28,30). The molecule has 0 aliphatic heterocycles. The number of rotatable bonds is 7. The van der Waals surface area contributed by atoms with Crippen LogP contribution in [0.5, 0.6) is 0 Å². The number of aryl methyl sites for hydroxylation is 1. The lowest BCUT2D eigenvalue weighted by atomic mass is 10.1. The molecule has 4 aromatic rings. The Balaban J connectivity index is 1.78. The Bertz CT molecular complexity index is 1480. The number of nitrogens with zero attached hydrogens (tertiary/aromatic N) is 1. The van der Waals surface area contributed by atoms with Crippen LogP contribution in [0.3, 0.4) is 0 Å². The molecular formula is C24H21F3N2O4S. The predicted molar refractivity (Wildman–Crippen MR) is 121 cm³/mol. The van der Waals surface area contributed by atoms with E-state index in [-0.39, 0.29) is 24.4 Å². The van der Waals surface area contributed by atoms with Crippen LogP contribution in [0.25, 0.3) is 10.9 Å². The number of aromatic nitrogens is 1. The number of H-pyrrole nitrogens is 1. The maximum atomic E-state index is 13.4. The smallest absolute Gasteiger partial charge is 0.416 e. The molecule has 1 N–H and O–H groups in total. The summed E-state index contributed by atoms with van der Waals surface area (Å²) in [6, 6.07) is 13.8. The first-order valence-electron chi connectivity index (χ1n) is 10.4. The van der Waals surface area contributed by atoms with Gasteiger partial charge < -0.3 is 9.40 Å². The summed E-state index contributed by atoms with van der Waals surface area (Å²) in [7, 11) is -4.42. The Kier molecular flexibility index (Phi) is 6.37. The summed E-state index contributed by atoms with van der Waals surface area (Å²) in [6.07, 6.45) is -2.57. The van der Waals surface area contributed by atoms with E-state index in [2.05, 4.69) is 4.98 Å². The van der Waals surface area contributed by atoms with Crippen LogP contribution >= 0.6 is 0 Å². The first-order valence-corrected chi connectivity index (χ1v) is 11.9. The Morgan fingerprint density at radius 1 is 1.00 bits per heavy atom. The highest BCUT2D eigenvalue weighted by Crippen LogP contribution is 2.31. The number of sulfonamides is 1. The lowest BCUT2D eigenvalue weighted by molar-refractivity contribution is -0.137. The third-order valence-corrected chi connectivity index (χ3v) is 7.24. The van der Waals surface area contributed by atoms with Gasteiger partial charge in [0.05, 0.1) is 23.3 Å². The number of hydrogen-bond donors (Lipinski definition) is 1. The van der Waals surface area contributed by atoms with E-state index in [1.165, 1.54) is 6.26 Å². The van der Waals surface area contributed by atoms with Crippen molar-refractivity contribution in [1.29, 1.82) is 0 Å². The number of aromatic amines is 1. The fourth-order valence-corrected chi connectivity index (χ4v) is 5.04. The molecule has 0 radical (unpaired) electrons. The number of halogens is 3. The number of furan rings is 1. The highest BCUT2D eigenvalue weighted by Gasteiger charge is 2.33. The van der Waals surface area contributed by atoms with Crippen LogP contribution in [0.1, 0.15) is 29.4 Å². The molecule has 6 nitrogen and oxygen atoms in total. The molecule has 0 unspecified atom stereocenters. The van der Waals surface area contributed by atoms with E-state index >= 15 is 0 Å². The maximum Gasteiger partial charge on any atom is 0.416 e. The number of nitrogens with one attached hydrogen (secondary N) is 1. The Hall–Kier alpha value is -3.37. The highest BCUT2D eigenvalue weighted by atomic mass is 32.2. The lowest BCUT2D eigenvalue weighted by Gasteiger charge is -2.22. The van der Waals surface area contributed by atoms with Gasteiger partial charge in [-0.05, 0) is 65.9 Å². The summed E-state index contributed by atoms with van der Waals surface area (Å²) in [5, 5.41) is 0.725. The predicted octanol–water partition coefficient (Wildman–Crippen LogP) is 5.09. The van der Waals surface area contributed by atoms with Crippen LogP contribution in [0.15, 0.2) is 81.0 Å². The quantitative estimate of drug-likeness (QED) is 0.391. The number of pyridine rings is 1. The summed E-state index contributed by atoms with van der Waals surface area (Å²) in [4.78, 5) is 14.9. The van der Waals surface area contributed by atoms with Gasteiger partial charge in [-0.1, -0.05) is 19.1 Å². The molecule has 2 aromatic carbocycles. The van der Waals surface area contributed by atoms with Crippen molar-refractivity contribution in [3.8, 4) is 0 Å². The molecular weight excluding hydrogens is 469 g/mol. The van der Waals surface area contributed by atoms with Crippen molar-refractivity contribution in [3.63, 3.8) is 0 Å². The molecule has 0 aliphatic carbocycles. The minimum atomic E-state index is -4.70. The summed E-state index contributed by atoms with van der Waals surface area (Å²) in [6.45, 7) is 1.36. The number of benzene rings is 2. The van der Waals surface area contributed by atoms with Crippen molar-refractivity contribution < 1.29 is 26.0 Å². The zero-order valence-corrected chi connectivity index (χ0v) is 18.9. The van der Waals surface area contributed by atoms with Crippen molar-refractivity contribution in [3.05, 3.63) is 99.7 Å². The first-order chi connectivity index (χ1) is 16.1. The maximum absolute atomic E-state index is 13.4. The highest BCUT2D eigenvalue weighted by molar-refractivity contribution is 7.89. The average molecular weight is 491 g/mol. The van der Waals surface area contributed by atoms with Gasteiger partial charge in [0.2, 0.25) is 10.0 Å². The SMILES string of the molecule is CCc1ccc2[nH]c(=O)c(CN(Cc3ccco3)S(=O)(=O)c3cccc(C(F)(F)F)c3)cc2c1. The third-order valence-electron chi connectivity index (χ3n) is 5.45. The van der Waals surface area contributed by atoms with Crippen molar-refractivity contribution in [2.24, 2.45) is 0 Å². The molecule has 0 bridgehead atoms. The van der Waals surface area contributed by atoms with Crippen molar-refractivity contribution in [2.75, 3.05) is 0 Å². The van der Waals surface area contributed by atoms with E-state index in [1.54, 1.807) is 24.3 Å². The number of fused-ring (bicyclic) bond motifs is 1. The Morgan fingerprint density at radius 3 is 2.47 bits per heavy atom. The normalized spacial score (nSPS) is 12.5. The van der Waals surface area contributed by atoms with Crippen LogP contribution < -0.4 is 5.56 Å². The van der Waals surface area contributed by atoms with E-state index < -0.39 is 32.2 Å². The second kappa shape index (κ2) is 9.11. The number of hydrogen-bond acceptors (Lipinski definition) is 4. The molecule has 34 heavy (non-hydrogen) atoms. The molecule has 0 atom stereocenters. The molecule has 0 spiro atoms. The Morgan fingerprint density at radius 2 is 1.79 bits per heavy atom. The van der Waals surface area contributed by atoms with Gasteiger partial charge in [0, 0.05) is 17.6 Å². The molecule has 0 saturated heterocycles. The van der Waals surface area contributed by atoms with Crippen molar-refractivity contribution in [2.45, 2.75) is 37.5 Å². The van der Waals surface area contributed by atoms with Crippen LogP contribution in [-0.2, 0) is 35.7 Å². The largest absolute Gasteiger partial charge is 0.468 e. The zero-order chi connectivity index (χ0) is 24.5. The summed E-state index contributed by atoms with van der Waals surface area (Å²) in [5.74, 6) is 0.279. The molecule has 2 aromatic heterocycles. The van der Waals surface area contributed by atoms with Crippen LogP contribution in [0.4, 0.5) is 13.2 Å². The fourth-order valence-electron chi connectivity index (χ4n) is 3.61. The zero-order valence-electron chi connectivity index (χ0n) is 18.1. The van der Waals surface area contributed by atoms with Crippen molar-refractivity contribution >= 4 is 20.9 Å². The first kappa shape index (κ1) is 23.8. The van der Waals surface area contributed by atoms with E-state index in [0.29, 0.717) is 11.6 Å². The van der Waals surface area contributed by atoms with Gasteiger partial charge in [-0.2, -0.15) is 17.5 Å². The summed E-state index contributed by atoms with van der Waals surface area (Å²) < 4.78 is 72.7. The molecule has 0 fully saturated rings. The molecule has 0 amide bonds. The van der Waals surface area contributed by atoms with Gasteiger partial charge in [0.25, 0.3) is 5.56 Å². The molecule has 178 valence electrons. The van der Waals surface area contributed by atoms with Crippen LogP contribution in [0, 0.1) is 0 Å². The second-order valence-electron chi connectivity index (χ2n) is 7.78. The molecule has 0 saturated carbocycles. The summed E-state index contributed by atoms with van der Waals surface area (Å²) >= 11 is 0. The monoisotopic (exact) mass is 490 g/mol. The van der Waals surface area contributed by atoms with Gasteiger partial charge in [-0.25, -0.2) is 8.42 Å². The fraction of sp³-hybridized carbons (Fsp3) is 0.208. The van der Waals surface area contributed by atoms with Crippen LogP contribution in [0.2, 0.25) is 0 Å². The molecule has 10 heteroatoms. The van der Waals surface area contributed by atoms with E-state index in [4.69, 9.17) is 4.42 Å². The second-order valence-corrected chi connectivity index (χ2v) is 9.71. The van der Waals surface area contributed by atoms with Gasteiger partial charge in [0.15, 0.2) is 0 Å². The molecule has 4 rings (SSSR count). The average Bonchev–Trinajstić information content (AvgIpc) is 3.31. The van der Waals surface area contributed by atoms with Gasteiger partial charge in [-0.3, -0.25) is 4.79 Å². The third kappa shape index (κ3) is 4.92. The van der Waals surface area contributed by atoms with E-state index in [1.807, 2.05) is 19.1 Å².